The van der Waals surface area contributed by atoms with E-state index < -0.39 is 0 Å². The van der Waals surface area contributed by atoms with Crippen LogP contribution in [0.2, 0.25) is 0 Å². The molecule has 9 rings (SSSR count). The Morgan fingerprint density at radius 2 is 0.706 bits per heavy atom. The van der Waals surface area contributed by atoms with Crippen molar-refractivity contribution >= 4 is 5.65 Å². The Balaban J connectivity index is 1.19. The van der Waals surface area contributed by atoms with E-state index in [4.69, 9.17) is 9.97 Å². The summed E-state index contributed by atoms with van der Waals surface area (Å²) in [5.41, 5.74) is 16.2. The second-order valence-corrected chi connectivity index (χ2v) is 12.7. The molecule has 9 aromatic rings. The number of hydrogen-bond acceptors (Lipinski definition) is 2. The van der Waals surface area contributed by atoms with Gasteiger partial charge in [0.05, 0.1) is 22.8 Å². The van der Waals surface area contributed by atoms with E-state index in [-0.39, 0.29) is 0 Å². The molecule has 51 heavy (non-hydrogen) atoms. The van der Waals surface area contributed by atoms with Crippen LogP contribution in [0.1, 0.15) is 0 Å². The van der Waals surface area contributed by atoms with Crippen molar-refractivity contribution in [1.29, 1.82) is 0 Å². The summed E-state index contributed by atoms with van der Waals surface area (Å²) in [5.74, 6) is 0. The molecule has 0 N–H and O–H groups in total. The number of aromatic nitrogens is 3. The molecule has 3 heterocycles. The van der Waals surface area contributed by atoms with Gasteiger partial charge in [0.25, 0.3) is 0 Å². The Hall–Kier alpha value is -6.84. The summed E-state index contributed by atoms with van der Waals surface area (Å²) in [6.45, 7) is 0. The molecule has 0 radical (unpaired) electrons. The molecule has 0 aliphatic carbocycles. The lowest BCUT2D eigenvalue weighted by Gasteiger charge is -2.14. The average Bonchev–Trinajstić information content (AvgIpc) is 3.62. The van der Waals surface area contributed by atoms with Crippen molar-refractivity contribution in [3.63, 3.8) is 0 Å². The Morgan fingerprint density at radius 3 is 1.25 bits per heavy atom. The zero-order chi connectivity index (χ0) is 34.0. The van der Waals surface area contributed by atoms with Crippen LogP contribution in [-0.4, -0.2) is 14.4 Å². The van der Waals surface area contributed by atoms with Crippen LogP contribution in [0.4, 0.5) is 0 Å². The number of nitrogens with zero attached hydrogens (tertiary/aromatic N) is 3. The molecule has 0 aliphatic rings. The van der Waals surface area contributed by atoms with Crippen molar-refractivity contribution in [3.05, 3.63) is 200 Å². The monoisotopic (exact) mass is 651 g/mol. The van der Waals surface area contributed by atoms with Crippen molar-refractivity contribution < 1.29 is 0 Å². The average molecular weight is 652 g/mol. The molecule has 0 saturated carbocycles. The molecule has 0 saturated heterocycles. The predicted molar refractivity (Wildman–Crippen MR) is 211 cm³/mol. The van der Waals surface area contributed by atoms with Crippen LogP contribution >= 0.6 is 0 Å². The largest absolute Gasteiger partial charge is 0.299 e. The highest BCUT2D eigenvalue weighted by atomic mass is 15.0. The Kier molecular flexibility index (Phi) is 7.84. The number of fused-ring (bicyclic) bond motifs is 1. The van der Waals surface area contributed by atoms with E-state index in [1.54, 1.807) is 0 Å². The van der Waals surface area contributed by atoms with E-state index in [0.29, 0.717) is 0 Å². The highest BCUT2D eigenvalue weighted by Gasteiger charge is 2.17. The van der Waals surface area contributed by atoms with E-state index in [9.17, 15) is 0 Å². The van der Waals surface area contributed by atoms with E-state index in [1.807, 2.05) is 24.3 Å². The van der Waals surface area contributed by atoms with Gasteiger partial charge < -0.3 is 0 Å². The Bertz CT molecular complexity index is 2530. The fourth-order valence-electron chi connectivity index (χ4n) is 6.86. The third-order valence-electron chi connectivity index (χ3n) is 9.41. The normalized spacial score (nSPS) is 11.1. The topological polar surface area (TPSA) is 30.2 Å². The van der Waals surface area contributed by atoms with E-state index in [1.165, 1.54) is 11.1 Å². The fraction of sp³-hybridized carbons (Fsp3) is 0. The lowest BCUT2D eigenvalue weighted by molar-refractivity contribution is 1.19. The first kappa shape index (κ1) is 30.2. The third kappa shape index (κ3) is 6.03. The van der Waals surface area contributed by atoms with Gasteiger partial charge >= 0.3 is 0 Å². The maximum absolute atomic E-state index is 5.14. The molecule has 6 aromatic carbocycles. The molecule has 3 nitrogen and oxygen atoms in total. The quantitative estimate of drug-likeness (QED) is 0.172. The molecule has 0 atom stereocenters. The van der Waals surface area contributed by atoms with Gasteiger partial charge in [0.15, 0.2) is 0 Å². The molecule has 0 bridgehead atoms. The summed E-state index contributed by atoms with van der Waals surface area (Å²) in [6, 6.07) is 68.4. The van der Waals surface area contributed by atoms with Gasteiger partial charge in [-0.05, 0) is 75.8 Å². The minimum atomic E-state index is 0.928. The molecular weight excluding hydrogens is 619 g/mol. The predicted octanol–water partition coefficient (Wildman–Crippen LogP) is 12.4. The Morgan fingerprint density at radius 1 is 0.294 bits per heavy atom. The standard InChI is InChI=1S/C48H33N3/c1-5-15-34(16-6-1)40-29-41(31-42(30-40)43-32-44(36-17-7-2-8-18-36)49-45(33-43)37-19-9-3-10-20-37)35-24-26-39(27-25-35)48-47(38-21-11-4-12-22-38)50-46-23-13-14-28-51(46)48/h1-33H. The van der Waals surface area contributed by atoms with Crippen LogP contribution in [0.15, 0.2) is 200 Å². The number of hydrogen-bond donors (Lipinski definition) is 0. The SMILES string of the molecule is c1ccc(-c2cc(-c3ccc(-c4c(-c5ccccc5)nc5ccccn45)cc3)cc(-c3cc(-c4ccccc4)nc(-c4ccccc4)c3)c2)cc1. The van der Waals surface area contributed by atoms with E-state index >= 15 is 0 Å². The van der Waals surface area contributed by atoms with E-state index in [2.05, 4.69) is 180 Å². The van der Waals surface area contributed by atoms with Crippen LogP contribution in [0.3, 0.4) is 0 Å². The summed E-state index contributed by atoms with van der Waals surface area (Å²) in [7, 11) is 0. The second-order valence-electron chi connectivity index (χ2n) is 12.7. The first-order valence-electron chi connectivity index (χ1n) is 17.2. The molecule has 0 fully saturated rings. The van der Waals surface area contributed by atoms with Crippen LogP contribution in [0, 0.1) is 0 Å². The molecular formula is C48H33N3. The first-order valence-corrected chi connectivity index (χ1v) is 17.2. The van der Waals surface area contributed by atoms with Crippen molar-refractivity contribution in [2.45, 2.75) is 0 Å². The molecule has 3 aromatic heterocycles. The number of benzene rings is 6. The van der Waals surface area contributed by atoms with Gasteiger partial charge in [-0.3, -0.25) is 4.40 Å². The number of rotatable bonds is 7. The lowest BCUT2D eigenvalue weighted by atomic mass is 9.92. The van der Waals surface area contributed by atoms with Gasteiger partial charge in [0.1, 0.15) is 5.65 Å². The smallest absolute Gasteiger partial charge is 0.137 e. The third-order valence-corrected chi connectivity index (χ3v) is 9.41. The summed E-state index contributed by atoms with van der Waals surface area (Å²) < 4.78 is 2.18. The van der Waals surface area contributed by atoms with Crippen LogP contribution in [0.5, 0.6) is 0 Å². The van der Waals surface area contributed by atoms with Gasteiger partial charge in [-0.15, -0.1) is 0 Å². The summed E-state index contributed by atoms with van der Waals surface area (Å²) in [4.78, 5) is 10.2. The number of pyridine rings is 2. The lowest BCUT2D eigenvalue weighted by Crippen LogP contribution is -1.92. The fourth-order valence-corrected chi connectivity index (χ4v) is 6.86. The van der Waals surface area contributed by atoms with Crippen molar-refractivity contribution in [2.75, 3.05) is 0 Å². The Labute approximate surface area is 297 Å². The zero-order valence-corrected chi connectivity index (χ0v) is 27.9. The van der Waals surface area contributed by atoms with Gasteiger partial charge in [-0.2, -0.15) is 0 Å². The van der Waals surface area contributed by atoms with Gasteiger partial charge in [-0.1, -0.05) is 152 Å². The van der Waals surface area contributed by atoms with Gasteiger partial charge in [-0.25, -0.2) is 9.97 Å². The molecule has 240 valence electrons. The minimum absolute atomic E-state index is 0.928. The number of imidazole rings is 1. The molecule has 0 spiro atoms. The highest BCUT2D eigenvalue weighted by molar-refractivity contribution is 5.86. The second kappa shape index (κ2) is 13.2. The molecule has 0 amide bonds. The van der Waals surface area contributed by atoms with Gasteiger partial charge in [0, 0.05) is 28.5 Å². The van der Waals surface area contributed by atoms with Crippen molar-refractivity contribution in [3.8, 4) is 78.4 Å². The van der Waals surface area contributed by atoms with Gasteiger partial charge in [0.2, 0.25) is 0 Å². The summed E-state index contributed by atoms with van der Waals surface area (Å²) >= 11 is 0. The summed E-state index contributed by atoms with van der Waals surface area (Å²) in [6.07, 6.45) is 2.09. The summed E-state index contributed by atoms with van der Waals surface area (Å²) in [5, 5.41) is 0. The first-order chi connectivity index (χ1) is 25.3. The van der Waals surface area contributed by atoms with Crippen LogP contribution in [0.25, 0.3) is 84.1 Å². The van der Waals surface area contributed by atoms with Crippen molar-refractivity contribution in [2.24, 2.45) is 0 Å². The zero-order valence-electron chi connectivity index (χ0n) is 27.9. The maximum atomic E-state index is 5.14. The highest BCUT2D eigenvalue weighted by Crippen LogP contribution is 2.38. The molecule has 0 aliphatic heterocycles. The van der Waals surface area contributed by atoms with Crippen LogP contribution < -0.4 is 0 Å². The van der Waals surface area contributed by atoms with E-state index in [0.717, 1.165) is 72.9 Å². The molecule has 3 heteroatoms. The van der Waals surface area contributed by atoms with Crippen LogP contribution in [-0.2, 0) is 0 Å². The maximum Gasteiger partial charge on any atom is 0.137 e. The van der Waals surface area contributed by atoms with Crippen molar-refractivity contribution in [1.82, 2.24) is 14.4 Å². The molecule has 0 unspecified atom stereocenters. The minimum Gasteiger partial charge on any atom is -0.299 e.